The molecule has 4 nitrogen and oxygen atoms in total. The molecule has 0 saturated carbocycles. The molecule has 0 bridgehead atoms. The molecule has 1 atom stereocenters. The molecule has 0 aliphatic rings. The SMILES string of the molecule is CN(C(=O)O)C(C)(C)CCC(O)c1cccc(C(C)(C)C)c1. The second kappa shape index (κ2) is 6.69. The first kappa shape index (κ1) is 18.5. The van der Waals surface area contributed by atoms with Crippen molar-refractivity contribution in [3.05, 3.63) is 35.4 Å². The predicted molar refractivity (Wildman–Crippen MR) is 89.2 cm³/mol. The molecule has 0 aromatic heterocycles. The molecular formula is C18H29NO3. The Morgan fingerprint density at radius 1 is 1.23 bits per heavy atom. The van der Waals surface area contributed by atoms with Crippen LogP contribution in [0.3, 0.4) is 0 Å². The molecule has 1 amide bonds. The molecule has 22 heavy (non-hydrogen) atoms. The summed E-state index contributed by atoms with van der Waals surface area (Å²) >= 11 is 0. The number of nitrogens with zero attached hydrogens (tertiary/aromatic N) is 1. The third-order valence-corrected chi connectivity index (χ3v) is 4.36. The standard InChI is InChI=1S/C18H29NO3/c1-17(2,3)14-9-7-8-13(12-14)15(20)10-11-18(4,5)19(6)16(21)22/h7-9,12,15,20H,10-11H2,1-6H3,(H,21,22). The second-order valence-electron chi connectivity index (χ2n) is 7.58. The quantitative estimate of drug-likeness (QED) is 0.857. The zero-order chi connectivity index (χ0) is 17.1. The Morgan fingerprint density at radius 2 is 1.82 bits per heavy atom. The number of rotatable bonds is 5. The highest BCUT2D eigenvalue weighted by molar-refractivity contribution is 5.65. The lowest BCUT2D eigenvalue weighted by molar-refractivity contribution is 0.0884. The summed E-state index contributed by atoms with van der Waals surface area (Å²) < 4.78 is 0. The van der Waals surface area contributed by atoms with Crippen molar-refractivity contribution in [2.45, 2.75) is 64.5 Å². The van der Waals surface area contributed by atoms with Gasteiger partial charge in [-0.15, -0.1) is 0 Å². The molecule has 0 aliphatic heterocycles. The molecule has 1 rings (SSSR count). The van der Waals surface area contributed by atoms with Crippen LogP contribution in [0.1, 0.15) is 64.7 Å². The van der Waals surface area contributed by atoms with E-state index < -0.39 is 17.7 Å². The Balaban J connectivity index is 2.78. The molecule has 0 aliphatic carbocycles. The molecule has 0 heterocycles. The number of carbonyl (C=O) groups is 1. The smallest absolute Gasteiger partial charge is 0.407 e. The Bertz CT molecular complexity index is 517. The van der Waals surface area contributed by atoms with Crippen LogP contribution in [-0.4, -0.2) is 33.8 Å². The maximum Gasteiger partial charge on any atom is 0.407 e. The molecule has 4 heteroatoms. The summed E-state index contributed by atoms with van der Waals surface area (Å²) in [6.45, 7) is 10.2. The van der Waals surface area contributed by atoms with E-state index in [0.29, 0.717) is 12.8 Å². The summed E-state index contributed by atoms with van der Waals surface area (Å²) in [7, 11) is 1.56. The molecule has 0 fully saturated rings. The summed E-state index contributed by atoms with van der Waals surface area (Å²) in [5.74, 6) is 0. The lowest BCUT2D eigenvalue weighted by Crippen LogP contribution is -2.44. The highest BCUT2D eigenvalue weighted by Gasteiger charge is 2.28. The summed E-state index contributed by atoms with van der Waals surface area (Å²) in [5, 5.41) is 19.5. The number of amides is 1. The number of hydrogen-bond acceptors (Lipinski definition) is 2. The van der Waals surface area contributed by atoms with Crippen molar-refractivity contribution < 1.29 is 15.0 Å². The van der Waals surface area contributed by atoms with Gasteiger partial charge in [-0.1, -0.05) is 45.0 Å². The number of hydrogen-bond donors (Lipinski definition) is 2. The molecule has 1 aromatic carbocycles. The fourth-order valence-corrected chi connectivity index (χ4v) is 2.30. The normalized spacial score (nSPS) is 13.8. The summed E-state index contributed by atoms with van der Waals surface area (Å²) in [4.78, 5) is 12.4. The topological polar surface area (TPSA) is 60.8 Å². The van der Waals surface area contributed by atoms with E-state index in [0.717, 1.165) is 5.56 Å². The average molecular weight is 307 g/mol. The van der Waals surface area contributed by atoms with Gasteiger partial charge in [0.05, 0.1) is 6.10 Å². The van der Waals surface area contributed by atoms with Gasteiger partial charge < -0.3 is 15.1 Å². The maximum absolute atomic E-state index is 11.1. The fourth-order valence-electron chi connectivity index (χ4n) is 2.30. The third-order valence-electron chi connectivity index (χ3n) is 4.36. The number of carboxylic acid groups (broad SMARTS) is 1. The van der Waals surface area contributed by atoms with Crippen molar-refractivity contribution in [3.8, 4) is 0 Å². The predicted octanol–water partition coefficient (Wildman–Crippen LogP) is 4.19. The van der Waals surface area contributed by atoms with Gasteiger partial charge in [0, 0.05) is 12.6 Å². The van der Waals surface area contributed by atoms with Crippen molar-refractivity contribution in [2.75, 3.05) is 7.05 Å². The van der Waals surface area contributed by atoms with Crippen LogP contribution in [-0.2, 0) is 5.41 Å². The number of benzene rings is 1. The van der Waals surface area contributed by atoms with Crippen LogP contribution in [0.25, 0.3) is 0 Å². The number of aliphatic hydroxyl groups excluding tert-OH is 1. The van der Waals surface area contributed by atoms with Gasteiger partial charge in [-0.05, 0) is 43.2 Å². The highest BCUT2D eigenvalue weighted by Crippen LogP contribution is 2.29. The van der Waals surface area contributed by atoms with Gasteiger partial charge in [-0.2, -0.15) is 0 Å². The van der Waals surface area contributed by atoms with Gasteiger partial charge in [0.1, 0.15) is 0 Å². The molecule has 124 valence electrons. The molecule has 0 radical (unpaired) electrons. The van der Waals surface area contributed by atoms with Gasteiger partial charge in [0.2, 0.25) is 0 Å². The van der Waals surface area contributed by atoms with Crippen LogP contribution in [0.15, 0.2) is 24.3 Å². The van der Waals surface area contributed by atoms with E-state index in [1.54, 1.807) is 7.05 Å². The van der Waals surface area contributed by atoms with Gasteiger partial charge in [-0.25, -0.2) is 4.79 Å². The minimum absolute atomic E-state index is 0.0402. The molecule has 0 spiro atoms. The third kappa shape index (κ3) is 4.73. The van der Waals surface area contributed by atoms with E-state index in [1.165, 1.54) is 10.5 Å². The van der Waals surface area contributed by atoms with Crippen molar-refractivity contribution in [1.82, 2.24) is 4.90 Å². The Morgan fingerprint density at radius 3 is 2.32 bits per heavy atom. The van der Waals surface area contributed by atoms with Crippen LogP contribution in [0.2, 0.25) is 0 Å². The molecule has 2 N–H and O–H groups in total. The average Bonchev–Trinajstić information content (AvgIpc) is 2.43. The lowest BCUT2D eigenvalue weighted by atomic mass is 9.85. The van der Waals surface area contributed by atoms with Crippen molar-refractivity contribution in [3.63, 3.8) is 0 Å². The van der Waals surface area contributed by atoms with E-state index in [1.807, 2.05) is 32.0 Å². The van der Waals surface area contributed by atoms with Crippen molar-refractivity contribution in [2.24, 2.45) is 0 Å². The summed E-state index contributed by atoms with van der Waals surface area (Å²) in [6.07, 6.45) is -0.410. The Hall–Kier alpha value is -1.55. The lowest BCUT2D eigenvalue weighted by Gasteiger charge is -2.34. The zero-order valence-corrected chi connectivity index (χ0v) is 14.6. The fraction of sp³-hybridized carbons (Fsp3) is 0.611. The first-order valence-corrected chi connectivity index (χ1v) is 7.70. The number of aliphatic hydroxyl groups is 1. The van der Waals surface area contributed by atoms with E-state index in [4.69, 9.17) is 5.11 Å². The second-order valence-corrected chi connectivity index (χ2v) is 7.58. The molecule has 1 aromatic rings. The van der Waals surface area contributed by atoms with Crippen LogP contribution in [0, 0.1) is 0 Å². The van der Waals surface area contributed by atoms with E-state index in [-0.39, 0.29) is 5.41 Å². The van der Waals surface area contributed by atoms with Gasteiger partial charge in [0.15, 0.2) is 0 Å². The highest BCUT2D eigenvalue weighted by atomic mass is 16.4. The molecule has 1 unspecified atom stereocenters. The van der Waals surface area contributed by atoms with Crippen LogP contribution in [0.5, 0.6) is 0 Å². The maximum atomic E-state index is 11.1. The van der Waals surface area contributed by atoms with Crippen molar-refractivity contribution in [1.29, 1.82) is 0 Å². The summed E-state index contributed by atoms with van der Waals surface area (Å²) in [5.41, 5.74) is 1.61. The van der Waals surface area contributed by atoms with Crippen LogP contribution in [0.4, 0.5) is 4.79 Å². The minimum Gasteiger partial charge on any atom is -0.465 e. The van der Waals surface area contributed by atoms with Gasteiger partial charge in [-0.3, -0.25) is 0 Å². The van der Waals surface area contributed by atoms with Gasteiger partial charge >= 0.3 is 6.09 Å². The van der Waals surface area contributed by atoms with Crippen LogP contribution < -0.4 is 0 Å². The summed E-state index contributed by atoms with van der Waals surface area (Å²) in [6, 6.07) is 8.00. The molecular weight excluding hydrogens is 278 g/mol. The Labute approximate surface area is 133 Å². The van der Waals surface area contributed by atoms with Crippen LogP contribution >= 0.6 is 0 Å². The van der Waals surface area contributed by atoms with Gasteiger partial charge in [0.25, 0.3) is 0 Å². The Kier molecular flexibility index (Phi) is 5.63. The largest absolute Gasteiger partial charge is 0.465 e. The monoisotopic (exact) mass is 307 g/mol. The first-order valence-electron chi connectivity index (χ1n) is 7.70. The minimum atomic E-state index is -0.950. The van der Waals surface area contributed by atoms with E-state index in [2.05, 4.69) is 26.8 Å². The first-order chi connectivity index (χ1) is 9.95. The zero-order valence-electron chi connectivity index (χ0n) is 14.6. The molecule has 0 saturated heterocycles. The van der Waals surface area contributed by atoms with Crippen molar-refractivity contribution >= 4 is 6.09 Å². The van der Waals surface area contributed by atoms with E-state index >= 15 is 0 Å². The van der Waals surface area contributed by atoms with E-state index in [9.17, 15) is 9.90 Å².